The molecule has 1 aliphatic heterocycles. The van der Waals surface area contributed by atoms with E-state index in [1.807, 2.05) is 0 Å². The molecule has 1 fully saturated rings. The van der Waals surface area contributed by atoms with Gasteiger partial charge in [-0.25, -0.2) is 0 Å². The standard InChI is InChI=1S/C4H10N3/c5-3-4-1-2-6-7-4/h4-7H,1-3H2. The SMILES string of the molecule is [NH]CC1CCNN1. The zero-order valence-corrected chi connectivity index (χ0v) is 4.20. The van der Waals surface area contributed by atoms with E-state index in [2.05, 4.69) is 10.9 Å². The molecule has 0 aromatic heterocycles. The van der Waals surface area contributed by atoms with Crippen LogP contribution in [0, 0.1) is 0 Å². The van der Waals surface area contributed by atoms with Gasteiger partial charge in [-0.1, -0.05) is 0 Å². The van der Waals surface area contributed by atoms with Crippen LogP contribution < -0.4 is 16.6 Å². The predicted octanol–water partition coefficient (Wildman–Crippen LogP) is -0.864. The monoisotopic (exact) mass is 100 g/mol. The summed E-state index contributed by atoms with van der Waals surface area (Å²) in [6, 6.07) is 0.403. The molecule has 41 valence electrons. The second kappa shape index (κ2) is 2.26. The van der Waals surface area contributed by atoms with Crippen LogP contribution in [-0.2, 0) is 0 Å². The van der Waals surface area contributed by atoms with Gasteiger partial charge in [-0.05, 0) is 6.42 Å². The fourth-order valence-electron chi connectivity index (χ4n) is 0.688. The molecule has 3 nitrogen and oxygen atoms in total. The third-order valence-corrected chi connectivity index (χ3v) is 1.17. The first-order valence-electron chi connectivity index (χ1n) is 2.56. The van der Waals surface area contributed by atoms with Gasteiger partial charge in [0.2, 0.25) is 0 Å². The smallest absolute Gasteiger partial charge is 0.0364 e. The lowest BCUT2D eigenvalue weighted by Gasteiger charge is -2.00. The molecule has 0 amide bonds. The molecule has 1 rings (SSSR count). The Morgan fingerprint density at radius 2 is 2.57 bits per heavy atom. The predicted molar refractivity (Wildman–Crippen MR) is 27.5 cm³/mol. The van der Waals surface area contributed by atoms with Gasteiger partial charge in [-0.15, -0.1) is 0 Å². The molecule has 0 bridgehead atoms. The summed E-state index contributed by atoms with van der Waals surface area (Å²) in [6.45, 7) is 1.51. The molecule has 1 unspecified atom stereocenters. The van der Waals surface area contributed by atoms with E-state index < -0.39 is 0 Å². The summed E-state index contributed by atoms with van der Waals surface area (Å²) in [5.74, 6) is 0. The van der Waals surface area contributed by atoms with E-state index in [4.69, 9.17) is 5.73 Å². The number of rotatable bonds is 1. The first-order valence-corrected chi connectivity index (χ1v) is 2.56. The van der Waals surface area contributed by atoms with Crippen LogP contribution in [0.4, 0.5) is 0 Å². The molecule has 0 aromatic rings. The van der Waals surface area contributed by atoms with Gasteiger partial charge in [0.25, 0.3) is 0 Å². The Morgan fingerprint density at radius 1 is 1.71 bits per heavy atom. The molecule has 3 heteroatoms. The van der Waals surface area contributed by atoms with Crippen molar-refractivity contribution in [2.75, 3.05) is 13.1 Å². The summed E-state index contributed by atoms with van der Waals surface area (Å²) in [4.78, 5) is 0. The molecule has 1 saturated heterocycles. The van der Waals surface area contributed by atoms with Crippen molar-refractivity contribution in [3.05, 3.63) is 0 Å². The van der Waals surface area contributed by atoms with Gasteiger partial charge in [0, 0.05) is 19.1 Å². The van der Waals surface area contributed by atoms with E-state index in [0.717, 1.165) is 13.0 Å². The van der Waals surface area contributed by atoms with Crippen molar-refractivity contribution in [1.29, 1.82) is 0 Å². The van der Waals surface area contributed by atoms with Crippen LogP contribution in [0.5, 0.6) is 0 Å². The summed E-state index contributed by atoms with van der Waals surface area (Å²) >= 11 is 0. The molecule has 1 aliphatic rings. The van der Waals surface area contributed by atoms with Crippen LogP contribution in [0.1, 0.15) is 6.42 Å². The molecule has 7 heavy (non-hydrogen) atoms. The minimum absolute atomic E-state index is 0.403. The zero-order chi connectivity index (χ0) is 5.11. The Hall–Kier alpha value is -0.120. The lowest BCUT2D eigenvalue weighted by Crippen LogP contribution is -2.32. The molecule has 1 heterocycles. The van der Waals surface area contributed by atoms with Crippen LogP contribution in [0.15, 0.2) is 0 Å². The van der Waals surface area contributed by atoms with Crippen LogP contribution in [0.25, 0.3) is 0 Å². The minimum atomic E-state index is 0.403. The third-order valence-electron chi connectivity index (χ3n) is 1.17. The molecule has 0 aliphatic carbocycles. The second-order valence-corrected chi connectivity index (χ2v) is 1.76. The van der Waals surface area contributed by atoms with Gasteiger partial charge >= 0.3 is 0 Å². The van der Waals surface area contributed by atoms with Gasteiger partial charge in [-0.3, -0.25) is 16.6 Å². The maximum Gasteiger partial charge on any atom is 0.0364 e. The first-order chi connectivity index (χ1) is 3.43. The molecule has 0 spiro atoms. The lowest BCUT2D eigenvalue weighted by molar-refractivity contribution is 0.558. The van der Waals surface area contributed by atoms with Crippen molar-refractivity contribution < 1.29 is 0 Å². The largest absolute Gasteiger partial charge is 0.257 e. The summed E-state index contributed by atoms with van der Waals surface area (Å²) in [5, 5.41) is 0. The van der Waals surface area contributed by atoms with Crippen molar-refractivity contribution in [3.63, 3.8) is 0 Å². The maximum atomic E-state index is 6.90. The van der Waals surface area contributed by atoms with Crippen LogP contribution in [-0.4, -0.2) is 19.1 Å². The number of nitrogens with one attached hydrogen (secondary N) is 3. The van der Waals surface area contributed by atoms with E-state index in [9.17, 15) is 0 Å². The summed E-state index contributed by atoms with van der Waals surface area (Å²) in [6.07, 6.45) is 1.10. The Kier molecular flexibility index (Phi) is 1.62. The van der Waals surface area contributed by atoms with E-state index in [-0.39, 0.29) is 0 Å². The minimum Gasteiger partial charge on any atom is -0.257 e. The molecule has 1 radical (unpaired) electrons. The normalized spacial score (nSPS) is 31.3. The van der Waals surface area contributed by atoms with Gasteiger partial charge < -0.3 is 0 Å². The highest BCUT2D eigenvalue weighted by Gasteiger charge is 2.09. The fraction of sp³-hybridized carbons (Fsp3) is 1.00. The fourth-order valence-corrected chi connectivity index (χ4v) is 0.688. The van der Waals surface area contributed by atoms with E-state index in [1.165, 1.54) is 0 Å². The lowest BCUT2D eigenvalue weighted by atomic mass is 10.2. The Balaban J connectivity index is 2.14. The van der Waals surface area contributed by atoms with Crippen LogP contribution in [0.2, 0.25) is 0 Å². The topological polar surface area (TPSA) is 47.9 Å². The molecular weight excluding hydrogens is 90.1 g/mol. The van der Waals surface area contributed by atoms with Crippen LogP contribution in [0.3, 0.4) is 0 Å². The van der Waals surface area contributed by atoms with Crippen molar-refractivity contribution in [2.24, 2.45) is 0 Å². The molecule has 0 saturated carbocycles. The van der Waals surface area contributed by atoms with Gasteiger partial charge in [0.05, 0.1) is 0 Å². The summed E-state index contributed by atoms with van der Waals surface area (Å²) in [5.41, 5.74) is 12.8. The van der Waals surface area contributed by atoms with E-state index in [1.54, 1.807) is 0 Å². The average Bonchev–Trinajstić information content (AvgIpc) is 2.14. The van der Waals surface area contributed by atoms with E-state index >= 15 is 0 Å². The maximum absolute atomic E-state index is 6.90. The van der Waals surface area contributed by atoms with Gasteiger partial charge in [-0.2, -0.15) is 0 Å². The van der Waals surface area contributed by atoms with Crippen molar-refractivity contribution in [1.82, 2.24) is 16.6 Å². The highest BCUT2D eigenvalue weighted by molar-refractivity contribution is 4.70. The van der Waals surface area contributed by atoms with E-state index in [0.29, 0.717) is 12.6 Å². The molecule has 0 aromatic carbocycles. The van der Waals surface area contributed by atoms with Crippen molar-refractivity contribution in [3.8, 4) is 0 Å². The zero-order valence-electron chi connectivity index (χ0n) is 4.20. The molecule has 1 atom stereocenters. The highest BCUT2D eigenvalue weighted by atomic mass is 15.4. The highest BCUT2D eigenvalue weighted by Crippen LogP contribution is 1.91. The van der Waals surface area contributed by atoms with Gasteiger partial charge in [0.15, 0.2) is 0 Å². The number of hydrazine groups is 1. The van der Waals surface area contributed by atoms with Crippen molar-refractivity contribution >= 4 is 0 Å². The Labute approximate surface area is 43.2 Å². The first kappa shape index (κ1) is 5.03. The molecular formula is C4H10N3. The summed E-state index contributed by atoms with van der Waals surface area (Å²) in [7, 11) is 0. The quantitative estimate of drug-likeness (QED) is 0.450. The second-order valence-electron chi connectivity index (χ2n) is 1.76. The number of hydrogen-bond acceptors (Lipinski definition) is 2. The van der Waals surface area contributed by atoms with Crippen molar-refractivity contribution in [2.45, 2.75) is 12.5 Å². The third kappa shape index (κ3) is 1.12. The molecule has 3 N–H and O–H groups in total. The number of hydrogen-bond donors (Lipinski definition) is 2. The summed E-state index contributed by atoms with van der Waals surface area (Å²) < 4.78 is 0. The average molecular weight is 100 g/mol. The Bertz CT molecular complexity index is 48.9. The van der Waals surface area contributed by atoms with Gasteiger partial charge in [0.1, 0.15) is 0 Å². The Morgan fingerprint density at radius 3 is 2.86 bits per heavy atom. The van der Waals surface area contributed by atoms with Crippen LogP contribution >= 0.6 is 0 Å².